The van der Waals surface area contributed by atoms with Crippen LogP contribution in [0.25, 0.3) is 0 Å². The fraction of sp³-hybridized carbons (Fsp3) is 0.571. The molecule has 0 heterocycles. The maximum atomic E-state index is 10.0. The first-order valence-corrected chi connectivity index (χ1v) is 7.69. The zero-order valence-electron chi connectivity index (χ0n) is 10.3. The average molecular weight is 333 g/mol. The second kappa shape index (κ2) is 6.90. The van der Waals surface area contributed by atoms with Crippen molar-refractivity contribution in [3.8, 4) is 0 Å². The number of hydrogen-bond acceptors (Lipinski definition) is 2. The monoisotopic (exact) mass is 331 g/mol. The van der Waals surface area contributed by atoms with Crippen LogP contribution in [0.5, 0.6) is 0 Å². The molecule has 0 saturated heterocycles. The molecule has 2 atom stereocenters. The molecule has 1 fully saturated rings. The van der Waals surface area contributed by atoms with Gasteiger partial charge in [-0.3, -0.25) is 0 Å². The molecule has 0 aliphatic heterocycles. The van der Waals surface area contributed by atoms with Gasteiger partial charge in [-0.2, -0.15) is 0 Å². The van der Waals surface area contributed by atoms with E-state index >= 15 is 0 Å². The minimum absolute atomic E-state index is 0.201. The van der Waals surface area contributed by atoms with Crippen LogP contribution in [0.2, 0.25) is 5.02 Å². The highest BCUT2D eigenvalue weighted by Crippen LogP contribution is 2.23. The van der Waals surface area contributed by atoms with Crippen LogP contribution in [-0.2, 0) is 6.54 Å². The Hall–Kier alpha value is -0.0900. The molecule has 0 aromatic heterocycles. The number of hydrogen-bond donors (Lipinski definition) is 2. The minimum atomic E-state index is -0.221. The Morgan fingerprint density at radius 2 is 2.06 bits per heavy atom. The molecular formula is C14H19BrClNO. The third kappa shape index (κ3) is 3.95. The van der Waals surface area contributed by atoms with Crippen molar-refractivity contribution in [3.63, 3.8) is 0 Å². The Kier molecular flexibility index (Phi) is 5.49. The Morgan fingerprint density at radius 3 is 2.83 bits per heavy atom. The molecule has 1 aromatic rings. The molecular weight excluding hydrogens is 314 g/mol. The number of nitrogens with one attached hydrogen (secondary N) is 1. The molecule has 1 saturated carbocycles. The van der Waals surface area contributed by atoms with E-state index in [2.05, 4.69) is 21.2 Å². The summed E-state index contributed by atoms with van der Waals surface area (Å²) in [5.41, 5.74) is 1.08. The normalized spacial score (nSPS) is 24.8. The first kappa shape index (κ1) is 14.3. The summed E-state index contributed by atoms with van der Waals surface area (Å²) in [5, 5.41) is 14.2. The summed E-state index contributed by atoms with van der Waals surface area (Å²) < 4.78 is 0.991. The van der Waals surface area contributed by atoms with E-state index in [1.807, 2.05) is 18.2 Å². The van der Waals surface area contributed by atoms with Crippen molar-refractivity contribution >= 4 is 27.5 Å². The topological polar surface area (TPSA) is 32.3 Å². The van der Waals surface area contributed by atoms with Gasteiger partial charge in [0.05, 0.1) is 6.10 Å². The lowest BCUT2D eigenvalue weighted by molar-refractivity contribution is 0.119. The van der Waals surface area contributed by atoms with Crippen molar-refractivity contribution in [2.24, 2.45) is 0 Å². The van der Waals surface area contributed by atoms with Gasteiger partial charge in [0.2, 0.25) is 0 Å². The van der Waals surface area contributed by atoms with Gasteiger partial charge in [-0.1, -0.05) is 52.9 Å². The summed E-state index contributed by atoms with van der Waals surface area (Å²) in [6.07, 6.45) is 5.30. The maximum Gasteiger partial charge on any atom is 0.0693 e. The molecule has 2 rings (SSSR count). The summed E-state index contributed by atoms with van der Waals surface area (Å²) in [7, 11) is 0. The van der Waals surface area contributed by atoms with E-state index in [1.165, 1.54) is 12.8 Å². The van der Waals surface area contributed by atoms with E-state index < -0.39 is 0 Å². The van der Waals surface area contributed by atoms with Gasteiger partial charge >= 0.3 is 0 Å². The Balaban J connectivity index is 1.93. The van der Waals surface area contributed by atoms with Gasteiger partial charge in [0.1, 0.15) is 0 Å². The predicted octanol–water partition coefficient (Wildman–Crippen LogP) is 3.89. The van der Waals surface area contributed by atoms with Crippen molar-refractivity contribution in [2.75, 3.05) is 0 Å². The first-order valence-electron chi connectivity index (χ1n) is 6.52. The number of aliphatic hydroxyl groups excluding tert-OH is 1. The molecule has 100 valence electrons. The minimum Gasteiger partial charge on any atom is -0.392 e. The van der Waals surface area contributed by atoms with Crippen molar-refractivity contribution in [2.45, 2.75) is 50.8 Å². The largest absolute Gasteiger partial charge is 0.392 e. The van der Waals surface area contributed by atoms with Gasteiger partial charge < -0.3 is 10.4 Å². The summed E-state index contributed by atoms with van der Waals surface area (Å²) >= 11 is 9.58. The third-order valence-corrected chi connectivity index (χ3v) is 4.39. The zero-order chi connectivity index (χ0) is 13.0. The second-order valence-corrected chi connectivity index (χ2v) is 6.25. The van der Waals surface area contributed by atoms with Gasteiger partial charge in [0, 0.05) is 22.1 Å². The Morgan fingerprint density at radius 1 is 1.28 bits per heavy atom. The third-order valence-electron chi connectivity index (χ3n) is 3.55. The average Bonchev–Trinajstić information content (AvgIpc) is 2.53. The molecule has 4 heteroatoms. The van der Waals surface area contributed by atoms with Crippen molar-refractivity contribution < 1.29 is 5.11 Å². The maximum absolute atomic E-state index is 10.0. The number of benzene rings is 1. The lowest BCUT2D eigenvalue weighted by Gasteiger charge is -2.22. The molecule has 0 amide bonds. The van der Waals surface area contributed by atoms with Crippen LogP contribution < -0.4 is 5.32 Å². The highest BCUT2D eigenvalue weighted by molar-refractivity contribution is 9.10. The summed E-state index contributed by atoms with van der Waals surface area (Å²) in [6, 6.07) is 6.11. The van der Waals surface area contributed by atoms with Crippen LogP contribution in [-0.4, -0.2) is 17.3 Å². The highest BCUT2D eigenvalue weighted by atomic mass is 79.9. The van der Waals surface area contributed by atoms with Gasteiger partial charge in [0.25, 0.3) is 0 Å². The van der Waals surface area contributed by atoms with E-state index in [-0.39, 0.29) is 12.1 Å². The molecule has 1 aliphatic carbocycles. The smallest absolute Gasteiger partial charge is 0.0693 e. The lowest BCUT2D eigenvalue weighted by Crippen LogP contribution is -2.38. The molecule has 0 bridgehead atoms. The molecule has 0 spiro atoms. The molecule has 18 heavy (non-hydrogen) atoms. The summed E-state index contributed by atoms with van der Waals surface area (Å²) in [4.78, 5) is 0. The summed E-state index contributed by atoms with van der Waals surface area (Å²) in [5.74, 6) is 0. The fourth-order valence-electron chi connectivity index (χ4n) is 2.43. The van der Waals surface area contributed by atoms with E-state index in [4.69, 9.17) is 11.6 Å². The second-order valence-electron chi connectivity index (χ2n) is 4.93. The van der Waals surface area contributed by atoms with Crippen LogP contribution in [0, 0.1) is 0 Å². The highest BCUT2D eigenvalue weighted by Gasteiger charge is 2.20. The van der Waals surface area contributed by atoms with Crippen LogP contribution in [0.1, 0.15) is 37.7 Å². The predicted molar refractivity (Wildman–Crippen MR) is 78.9 cm³/mol. The number of halogens is 2. The number of aliphatic hydroxyl groups is 1. The van der Waals surface area contributed by atoms with Gasteiger partial charge in [-0.05, 0) is 30.5 Å². The van der Waals surface area contributed by atoms with Crippen LogP contribution in [0.15, 0.2) is 22.7 Å². The molecule has 2 N–H and O–H groups in total. The molecule has 1 aliphatic rings. The van der Waals surface area contributed by atoms with E-state index in [1.54, 1.807) is 0 Å². The number of rotatable bonds is 3. The van der Waals surface area contributed by atoms with Crippen molar-refractivity contribution in [1.82, 2.24) is 5.32 Å². The van der Waals surface area contributed by atoms with Gasteiger partial charge in [-0.25, -0.2) is 0 Å². The van der Waals surface area contributed by atoms with Crippen molar-refractivity contribution in [3.05, 3.63) is 33.3 Å². The quantitative estimate of drug-likeness (QED) is 0.823. The SMILES string of the molecule is OC1CCCCCC1NCc1ccc(Br)cc1Cl. The molecule has 2 unspecified atom stereocenters. The van der Waals surface area contributed by atoms with Crippen LogP contribution >= 0.6 is 27.5 Å². The molecule has 2 nitrogen and oxygen atoms in total. The molecule has 0 radical (unpaired) electrons. The van der Waals surface area contributed by atoms with Gasteiger partial charge in [-0.15, -0.1) is 0 Å². The van der Waals surface area contributed by atoms with Crippen LogP contribution in [0.4, 0.5) is 0 Å². The van der Waals surface area contributed by atoms with E-state index in [0.717, 1.165) is 34.3 Å². The van der Waals surface area contributed by atoms with E-state index in [9.17, 15) is 5.11 Å². The van der Waals surface area contributed by atoms with Crippen LogP contribution in [0.3, 0.4) is 0 Å². The van der Waals surface area contributed by atoms with E-state index in [0.29, 0.717) is 6.54 Å². The van der Waals surface area contributed by atoms with Crippen molar-refractivity contribution in [1.29, 1.82) is 0 Å². The summed E-state index contributed by atoms with van der Waals surface area (Å²) in [6.45, 7) is 0.716. The standard InChI is InChI=1S/C14H19BrClNO/c15-11-7-6-10(12(16)8-11)9-17-13-4-2-1-3-5-14(13)18/h6-8,13-14,17-18H,1-5,9H2. The zero-order valence-corrected chi connectivity index (χ0v) is 12.7. The molecule has 1 aromatic carbocycles. The first-order chi connectivity index (χ1) is 8.66. The fourth-order valence-corrected chi connectivity index (χ4v) is 3.17. The lowest BCUT2D eigenvalue weighted by atomic mass is 10.1. The Labute approximate surface area is 122 Å². The Bertz CT molecular complexity index is 399. The van der Waals surface area contributed by atoms with Gasteiger partial charge in [0.15, 0.2) is 0 Å².